The zero-order valence-electron chi connectivity index (χ0n) is 8.61. The van der Waals surface area contributed by atoms with Gasteiger partial charge in [0.15, 0.2) is 0 Å². The van der Waals surface area contributed by atoms with Crippen LogP contribution in [0.1, 0.15) is 12.7 Å². The lowest BCUT2D eigenvalue weighted by molar-refractivity contribution is -0.116. The molecule has 0 aliphatic carbocycles. The first-order valence-electron chi connectivity index (χ1n) is 4.72. The molecule has 0 aromatic carbocycles. The van der Waals surface area contributed by atoms with Gasteiger partial charge in [-0.3, -0.25) is 4.79 Å². The van der Waals surface area contributed by atoms with E-state index in [0.717, 1.165) is 14.9 Å². The van der Waals surface area contributed by atoms with Crippen molar-refractivity contribution in [2.75, 3.05) is 0 Å². The number of halogens is 1. The molecule has 0 radical (unpaired) electrons. The van der Waals surface area contributed by atoms with Crippen molar-refractivity contribution < 1.29 is 4.79 Å². The fourth-order valence-corrected chi connectivity index (χ4v) is 2.31. The summed E-state index contributed by atoms with van der Waals surface area (Å²) in [6.07, 6.45) is 1.93. The summed E-state index contributed by atoms with van der Waals surface area (Å²) in [5.41, 5.74) is 0.808. The molecule has 0 amide bonds. The van der Waals surface area contributed by atoms with Crippen molar-refractivity contribution in [1.82, 2.24) is 9.97 Å². The molecule has 0 spiro atoms. The van der Waals surface area contributed by atoms with Gasteiger partial charge in [0, 0.05) is 6.20 Å². The van der Waals surface area contributed by atoms with Crippen LogP contribution in [0.4, 0.5) is 0 Å². The van der Waals surface area contributed by atoms with Crippen LogP contribution in [0.25, 0.3) is 10.6 Å². The minimum absolute atomic E-state index is 0.0568. The molecule has 0 fully saturated rings. The van der Waals surface area contributed by atoms with Crippen molar-refractivity contribution >= 4 is 28.7 Å². The SMILES string of the molecule is CC(=O)Cc1nccc(-c2ccc(Cl)s2)n1. The second-order valence-corrected chi connectivity index (χ2v) is 5.06. The zero-order chi connectivity index (χ0) is 11.5. The van der Waals surface area contributed by atoms with Crippen molar-refractivity contribution in [3.05, 3.63) is 34.6 Å². The summed E-state index contributed by atoms with van der Waals surface area (Å²) in [5.74, 6) is 0.607. The highest BCUT2D eigenvalue weighted by atomic mass is 35.5. The normalized spacial score (nSPS) is 10.4. The average Bonchev–Trinajstić information content (AvgIpc) is 2.64. The van der Waals surface area contributed by atoms with E-state index in [9.17, 15) is 4.79 Å². The summed E-state index contributed by atoms with van der Waals surface area (Å²) in [6.45, 7) is 1.53. The summed E-state index contributed by atoms with van der Waals surface area (Å²) in [4.78, 5) is 20.3. The van der Waals surface area contributed by atoms with Crippen LogP contribution in [0.5, 0.6) is 0 Å². The molecule has 0 atom stereocenters. The third kappa shape index (κ3) is 2.65. The fraction of sp³-hybridized carbons (Fsp3) is 0.182. The monoisotopic (exact) mass is 252 g/mol. The van der Waals surface area contributed by atoms with E-state index in [4.69, 9.17) is 11.6 Å². The van der Waals surface area contributed by atoms with Crippen LogP contribution < -0.4 is 0 Å². The summed E-state index contributed by atoms with van der Waals surface area (Å²) < 4.78 is 0.724. The molecule has 0 aliphatic rings. The summed E-state index contributed by atoms with van der Waals surface area (Å²) in [5, 5.41) is 0. The van der Waals surface area contributed by atoms with Crippen LogP contribution in [-0.4, -0.2) is 15.8 Å². The Kier molecular flexibility index (Phi) is 3.31. The van der Waals surface area contributed by atoms with E-state index in [1.807, 2.05) is 18.2 Å². The van der Waals surface area contributed by atoms with Gasteiger partial charge in [-0.15, -0.1) is 11.3 Å². The van der Waals surface area contributed by atoms with Gasteiger partial charge in [0.05, 0.1) is 21.3 Å². The minimum atomic E-state index is 0.0568. The Morgan fingerprint density at radius 1 is 1.44 bits per heavy atom. The van der Waals surface area contributed by atoms with E-state index in [-0.39, 0.29) is 12.2 Å². The smallest absolute Gasteiger partial charge is 0.137 e. The molecule has 0 saturated carbocycles. The Balaban J connectivity index is 2.32. The van der Waals surface area contributed by atoms with Crippen molar-refractivity contribution in [3.8, 4) is 10.6 Å². The first kappa shape index (κ1) is 11.2. The molecule has 82 valence electrons. The van der Waals surface area contributed by atoms with Crippen LogP contribution in [0.15, 0.2) is 24.4 Å². The highest BCUT2D eigenvalue weighted by Gasteiger charge is 2.06. The largest absolute Gasteiger partial charge is 0.300 e. The molecular weight excluding hydrogens is 244 g/mol. The second-order valence-electron chi connectivity index (χ2n) is 3.34. The van der Waals surface area contributed by atoms with Crippen LogP contribution in [0.3, 0.4) is 0 Å². The second kappa shape index (κ2) is 4.72. The van der Waals surface area contributed by atoms with E-state index < -0.39 is 0 Å². The van der Waals surface area contributed by atoms with Gasteiger partial charge in [-0.2, -0.15) is 0 Å². The van der Waals surface area contributed by atoms with Crippen molar-refractivity contribution in [2.24, 2.45) is 0 Å². The van der Waals surface area contributed by atoms with Crippen LogP contribution in [-0.2, 0) is 11.2 Å². The number of nitrogens with zero attached hydrogens (tertiary/aromatic N) is 2. The van der Waals surface area contributed by atoms with Crippen molar-refractivity contribution in [1.29, 1.82) is 0 Å². The maximum absolute atomic E-state index is 11.0. The lowest BCUT2D eigenvalue weighted by atomic mass is 10.3. The fourth-order valence-electron chi connectivity index (χ4n) is 1.30. The molecule has 0 aliphatic heterocycles. The Morgan fingerprint density at radius 3 is 2.88 bits per heavy atom. The van der Waals surface area contributed by atoms with E-state index >= 15 is 0 Å². The molecule has 2 heterocycles. The lowest BCUT2D eigenvalue weighted by Gasteiger charge is -1.99. The lowest BCUT2D eigenvalue weighted by Crippen LogP contribution is -2.02. The molecule has 16 heavy (non-hydrogen) atoms. The van der Waals surface area contributed by atoms with Gasteiger partial charge in [-0.25, -0.2) is 9.97 Å². The summed E-state index contributed by atoms with van der Waals surface area (Å²) in [7, 11) is 0. The van der Waals surface area contributed by atoms with E-state index in [0.29, 0.717) is 5.82 Å². The first-order valence-corrected chi connectivity index (χ1v) is 5.91. The molecular formula is C11H9ClN2OS. The number of rotatable bonds is 3. The number of hydrogen-bond donors (Lipinski definition) is 0. The number of Topliss-reactive ketones (excluding diaryl/α,β-unsaturated/α-hetero) is 1. The average molecular weight is 253 g/mol. The first-order chi connectivity index (χ1) is 7.65. The maximum Gasteiger partial charge on any atom is 0.137 e. The van der Waals surface area contributed by atoms with Crippen LogP contribution in [0.2, 0.25) is 4.34 Å². The highest BCUT2D eigenvalue weighted by Crippen LogP contribution is 2.29. The number of aromatic nitrogens is 2. The number of ketones is 1. The molecule has 2 aromatic heterocycles. The standard InChI is InChI=1S/C11H9ClN2OS/c1-7(15)6-11-13-5-4-8(14-11)9-2-3-10(12)16-9/h2-5H,6H2,1H3. The Morgan fingerprint density at radius 2 is 2.25 bits per heavy atom. The van der Waals surface area contributed by atoms with Crippen LogP contribution >= 0.6 is 22.9 Å². The van der Waals surface area contributed by atoms with Gasteiger partial charge in [0.25, 0.3) is 0 Å². The highest BCUT2D eigenvalue weighted by molar-refractivity contribution is 7.19. The third-order valence-corrected chi connectivity index (χ3v) is 3.19. The predicted molar refractivity (Wildman–Crippen MR) is 64.7 cm³/mol. The van der Waals surface area contributed by atoms with Crippen molar-refractivity contribution in [2.45, 2.75) is 13.3 Å². The molecule has 2 rings (SSSR count). The van der Waals surface area contributed by atoms with Gasteiger partial charge in [-0.1, -0.05) is 11.6 Å². The van der Waals surface area contributed by atoms with Gasteiger partial charge in [0.2, 0.25) is 0 Å². The van der Waals surface area contributed by atoms with Gasteiger partial charge in [0.1, 0.15) is 11.6 Å². The summed E-state index contributed by atoms with van der Waals surface area (Å²) in [6, 6.07) is 5.55. The van der Waals surface area contributed by atoms with E-state index in [1.54, 1.807) is 6.20 Å². The van der Waals surface area contributed by atoms with E-state index in [1.165, 1.54) is 18.3 Å². The van der Waals surface area contributed by atoms with Gasteiger partial charge >= 0.3 is 0 Å². The summed E-state index contributed by atoms with van der Waals surface area (Å²) >= 11 is 7.31. The molecule has 0 unspecified atom stereocenters. The van der Waals surface area contributed by atoms with Gasteiger partial charge < -0.3 is 0 Å². The maximum atomic E-state index is 11.0. The van der Waals surface area contributed by atoms with E-state index in [2.05, 4.69) is 9.97 Å². The topological polar surface area (TPSA) is 42.9 Å². The number of thiophene rings is 1. The quantitative estimate of drug-likeness (QED) is 0.843. The molecule has 5 heteroatoms. The molecule has 0 bridgehead atoms. The van der Waals surface area contributed by atoms with Crippen LogP contribution in [0, 0.1) is 0 Å². The molecule has 3 nitrogen and oxygen atoms in total. The number of carbonyl (C=O) groups is 1. The number of hydrogen-bond acceptors (Lipinski definition) is 4. The minimum Gasteiger partial charge on any atom is -0.300 e. The Bertz CT molecular complexity index is 524. The molecule has 2 aromatic rings. The molecule has 0 saturated heterocycles. The number of carbonyl (C=O) groups excluding carboxylic acids is 1. The van der Waals surface area contributed by atoms with Crippen molar-refractivity contribution in [3.63, 3.8) is 0 Å². The van der Waals surface area contributed by atoms with Gasteiger partial charge in [-0.05, 0) is 25.1 Å². The third-order valence-electron chi connectivity index (χ3n) is 1.94. The zero-order valence-corrected chi connectivity index (χ0v) is 10.2. The Hall–Kier alpha value is -1.26. The Labute approximate surface area is 102 Å². The predicted octanol–water partition coefficient (Wildman–Crippen LogP) is 2.99. The molecule has 0 N–H and O–H groups in total.